The van der Waals surface area contributed by atoms with Crippen LogP contribution in [0.15, 0.2) is 42.5 Å². The van der Waals surface area contributed by atoms with Crippen LogP contribution in [0.5, 0.6) is 5.75 Å². The topological polar surface area (TPSA) is 193 Å². The summed E-state index contributed by atoms with van der Waals surface area (Å²) in [5.41, 5.74) is 7.31. The first-order valence-corrected chi connectivity index (χ1v) is 23.3. The van der Waals surface area contributed by atoms with Gasteiger partial charge in [-0.05, 0) is 112 Å². The number of benzene rings is 3. The van der Waals surface area contributed by atoms with Gasteiger partial charge in [-0.2, -0.15) is 0 Å². The minimum Gasteiger partial charge on any atom is -0.488 e. The Labute approximate surface area is 384 Å². The predicted molar refractivity (Wildman–Crippen MR) is 249 cm³/mol. The molecule has 66 heavy (non-hydrogen) atoms. The molecule has 0 bridgehead atoms. The predicted octanol–water partition coefficient (Wildman–Crippen LogP) is 8.57. The summed E-state index contributed by atoms with van der Waals surface area (Å²) in [6, 6.07) is 12.5. The molecule has 0 radical (unpaired) electrons. The van der Waals surface area contributed by atoms with Crippen molar-refractivity contribution in [1.29, 1.82) is 0 Å². The van der Waals surface area contributed by atoms with Crippen LogP contribution < -0.4 is 15.4 Å². The number of ether oxygens (including phenoxy) is 4. The highest BCUT2D eigenvalue weighted by atomic mass is 16.5. The molecule has 0 spiro atoms. The van der Waals surface area contributed by atoms with Crippen molar-refractivity contribution < 1.29 is 38.1 Å². The van der Waals surface area contributed by atoms with E-state index in [0.29, 0.717) is 24.8 Å². The van der Waals surface area contributed by atoms with Crippen LogP contribution in [0, 0.1) is 5.41 Å². The molecular weight excluding hydrogens is 841 g/mol. The molecule has 5 heterocycles. The molecule has 16 nitrogen and oxygen atoms in total. The molecule has 3 fully saturated rings. The number of methoxy groups -OCH3 is 3. The summed E-state index contributed by atoms with van der Waals surface area (Å²) in [4.78, 5) is 74.6. The van der Waals surface area contributed by atoms with Crippen molar-refractivity contribution in [2.75, 3.05) is 21.3 Å². The molecule has 4 amide bonds. The normalized spacial score (nSPS) is 21.8. The third-order valence-electron chi connectivity index (χ3n) is 14.8. The molecule has 16 heteroatoms. The van der Waals surface area contributed by atoms with Crippen molar-refractivity contribution in [3.8, 4) is 28.1 Å². The van der Waals surface area contributed by atoms with E-state index in [1.807, 2.05) is 43.6 Å². The van der Waals surface area contributed by atoms with Crippen LogP contribution in [0.25, 0.3) is 44.2 Å². The second kappa shape index (κ2) is 17.6. The fourth-order valence-corrected chi connectivity index (χ4v) is 10.3. The van der Waals surface area contributed by atoms with Gasteiger partial charge < -0.3 is 49.3 Å². The van der Waals surface area contributed by atoms with Crippen LogP contribution in [-0.2, 0) is 30.4 Å². The molecule has 1 saturated carbocycles. The fraction of sp³-hybridized carbons (Fsp3) is 0.520. The molecule has 4 aliphatic rings. The van der Waals surface area contributed by atoms with Gasteiger partial charge in [0.1, 0.15) is 36.1 Å². The zero-order valence-electron chi connectivity index (χ0n) is 39.4. The minimum atomic E-state index is -0.925. The number of carbonyl (C=O) groups excluding carboxylic acids is 4. The van der Waals surface area contributed by atoms with Crippen molar-refractivity contribution in [2.45, 2.75) is 141 Å². The second-order valence-corrected chi connectivity index (χ2v) is 19.3. The lowest BCUT2D eigenvalue weighted by atomic mass is 9.81. The molecule has 350 valence electrons. The van der Waals surface area contributed by atoms with Gasteiger partial charge in [0.25, 0.3) is 0 Å². The number of likely N-dealkylation sites (tertiary alicyclic amines) is 2. The van der Waals surface area contributed by atoms with E-state index < -0.39 is 35.8 Å². The van der Waals surface area contributed by atoms with E-state index in [0.717, 1.165) is 106 Å². The second-order valence-electron chi connectivity index (χ2n) is 19.3. The molecule has 5 aromatic rings. The first-order valence-electron chi connectivity index (χ1n) is 23.3. The monoisotopic (exact) mass is 902 g/mol. The number of carbonyl (C=O) groups is 4. The van der Waals surface area contributed by atoms with Crippen LogP contribution in [-0.4, -0.2) is 105 Å². The number of hydrogen-bond donors (Lipinski definition) is 4. The van der Waals surface area contributed by atoms with E-state index in [9.17, 15) is 19.2 Å². The van der Waals surface area contributed by atoms with Crippen LogP contribution >= 0.6 is 0 Å². The summed E-state index contributed by atoms with van der Waals surface area (Å²) >= 11 is 0. The molecule has 2 saturated heterocycles. The number of fused-ring (bicyclic) bond motifs is 6. The van der Waals surface area contributed by atoms with Gasteiger partial charge in [0, 0.05) is 41.6 Å². The molecule has 3 aliphatic heterocycles. The number of hydrogen-bond acceptors (Lipinski definition) is 10. The van der Waals surface area contributed by atoms with Gasteiger partial charge in [-0.25, -0.2) is 19.6 Å². The van der Waals surface area contributed by atoms with Crippen molar-refractivity contribution >= 4 is 45.8 Å². The van der Waals surface area contributed by atoms with E-state index in [4.69, 9.17) is 28.9 Å². The van der Waals surface area contributed by atoms with Crippen molar-refractivity contribution in [2.24, 2.45) is 5.41 Å². The van der Waals surface area contributed by atoms with Crippen LogP contribution in [0.2, 0.25) is 0 Å². The summed E-state index contributed by atoms with van der Waals surface area (Å²) in [5, 5.41) is 7.53. The van der Waals surface area contributed by atoms with Gasteiger partial charge in [0.2, 0.25) is 11.8 Å². The lowest BCUT2D eigenvalue weighted by Crippen LogP contribution is -2.56. The van der Waals surface area contributed by atoms with E-state index >= 15 is 0 Å². The van der Waals surface area contributed by atoms with Crippen LogP contribution in [0.4, 0.5) is 9.59 Å². The Morgan fingerprint density at radius 2 is 1.48 bits per heavy atom. The number of rotatable bonds is 12. The number of nitrogens with one attached hydrogen (secondary N) is 4. The summed E-state index contributed by atoms with van der Waals surface area (Å²) in [6.45, 7) is 12.2. The fourth-order valence-electron chi connectivity index (χ4n) is 10.3. The summed E-state index contributed by atoms with van der Waals surface area (Å²) in [7, 11) is 4.10. The highest BCUT2D eigenvalue weighted by Gasteiger charge is 2.46. The summed E-state index contributed by atoms with van der Waals surface area (Å²) in [6.07, 6.45) is 3.97. The maximum Gasteiger partial charge on any atom is 0.407 e. The van der Waals surface area contributed by atoms with Crippen LogP contribution in [0.3, 0.4) is 0 Å². The highest BCUT2D eigenvalue weighted by molar-refractivity contribution is 6.07. The number of alkyl carbamates (subject to hydrolysis) is 2. The molecule has 7 atom stereocenters. The van der Waals surface area contributed by atoms with Crippen molar-refractivity contribution in [1.82, 2.24) is 40.4 Å². The summed E-state index contributed by atoms with van der Waals surface area (Å²) in [5.74, 6) is 2.19. The lowest BCUT2D eigenvalue weighted by molar-refractivity contribution is -0.140. The molecule has 9 rings (SSSR count). The Morgan fingerprint density at radius 3 is 2.14 bits per heavy atom. The molecule has 2 aromatic heterocycles. The van der Waals surface area contributed by atoms with Gasteiger partial charge >= 0.3 is 12.2 Å². The molecule has 3 aromatic carbocycles. The average Bonchev–Trinajstić information content (AvgIpc) is 3.59. The standard InChI is InChI=1S/C50H62N8O8/c1-10-50(5,6)43(56-49(62)65-9)47(60)58-26(3)12-19-36(58)44-51-35-18-16-29-22-34-32-17-15-30(21-31(32)24-66-38(34)23-33(29)42(35)54-44)41-40(28-13-14-28)52-45(53-41)37-20-11-25(2)57(37)46(59)39(27(4)63-7)55-48(61)64-8/h15-18,21-23,25-28,36-37,39,43H,10-14,19-20,24H2,1-9H3,(H,51,54)(H,52,53)(H,55,61)(H,56,62)/t25-,26-,27+,36-,37-,39-,43+/m0/s1. The first-order chi connectivity index (χ1) is 31.7. The Morgan fingerprint density at radius 1 is 0.818 bits per heavy atom. The molecule has 1 aliphatic carbocycles. The summed E-state index contributed by atoms with van der Waals surface area (Å²) < 4.78 is 21.8. The number of nitrogens with zero attached hydrogens (tertiary/aromatic N) is 4. The van der Waals surface area contributed by atoms with E-state index in [1.54, 1.807) is 6.92 Å². The zero-order valence-corrected chi connectivity index (χ0v) is 39.4. The Hall–Kier alpha value is -6.16. The molecule has 4 N–H and O–H groups in total. The number of amides is 4. The largest absolute Gasteiger partial charge is 0.488 e. The Balaban J connectivity index is 1.01. The highest BCUT2D eigenvalue weighted by Crippen LogP contribution is 2.48. The molecular formula is C50H62N8O8. The van der Waals surface area contributed by atoms with Crippen molar-refractivity contribution in [3.05, 3.63) is 65.4 Å². The van der Waals surface area contributed by atoms with E-state index in [2.05, 4.69) is 63.9 Å². The number of aromatic nitrogens is 4. The smallest absolute Gasteiger partial charge is 0.407 e. The average molecular weight is 903 g/mol. The Bertz CT molecular complexity index is 2700. The van der Waals surface area contributed by atoms with E-state index in [1.165, 1.54) is 21.3 Å². The third-order valence-corrected chi connectivity index (χ3v) is 14.8. The van der Waals surface area contributed by atoms with E-state index in [-0.39, 0.29) is 36.0 Å². The third kappa shape index (κ3) is 8.00. The quantitative estimate of drug-likeness (QED) is 0.0943. The maximum absolute atomic E-state index is 14.4. The van der Waals surface area contributed by atoms with Gasteiger partial charge in [-0.1, -0.05) is 39.0 Å². The van der Waals surface area contributed by atoms with Crippen molar-refractivity contribution in [3.63, 3.8) is 0 Å². The number of aromatic amines is 2. The van der Waals surface area contributed by atoms with Gasteiger partial charge in [-0.15, -0.1) is 0 Å². The SMILES string of the molecule is CCC(C)(C)[C@H](NC(=O)OC)C(=O)N1[C@@H](C)CC[C@H]1c1nc2ccc3cc4c(cc3c2[nH]1)OCc1cc(-c2[nH]c([C@@H]3CC[C@H](C)N3C(=O)[C@@H](NC(=O)OC)[C@@H](C)OC)nc2C2CC2)ccc1-4. The minimum absolute atomic E-state index is 0.0441. The van der Waals surface area contributed by atoms with Gasteiger partial charge in [0.15, 0.2) is 0 Å². The van der Waals surface area contributed by atoms with Gasteiger partial charge in [0.05, 0.1) is 54.8 Å². The first kappa shape index (κ1) is 45.0. The van der Waals surface area contributed by atoms with Gasteiger partial charge in [-0.3, -0.25) is 9.59 Å². The number of H-pyrrole nitrogens is 2. The maximum atomic E-state index is 14.4. The molecule has 0 unspecified atom stereocenters. The number of imidazole rings is 2. The Kier molecular flexibility index (Phi) is 12.0. The van der Waals surface area contributed by atoms with Crippen LogP contribution in [0.1, 0.15) is 127 Å². The zero-order chi connectivity index (χ0) is 46.8. The lowest BCUT2D eigenvalue weighted by Gasteiger charge is -2.38.